The third-order valence-corrected chi connectivity index (χ3v) is 1.15. The number of nitrogens with zero attached hydrogens (tertiary/aromatic N) is 1. The lowest BCUT2D eigenvalue weighted by atomic mass is 10.2. The molecule has 0 saturated heterocycles. The predicted molar refractivity (Wildman–Crippen MR) is 68.5 cm³/mol. The molecule has 0 spiro atoms. The fourth-order valence-corrected chi connectivity index (χ4v) is 0.741. The van der Waals surface area contributed by atoms with Crippen molar-refractivity contribution in [1.82, 2.24) is 0 Å². The second-order valence-corrected chi connectivity index (χ2v) is 3.90. The van der Waals surface area contributed by atoms with Crippen LogP contribution in [0.3, 0.4) is 0 Å². The summed E-state index contributed by atoms with van der Waals surface area (Å²) in [5.41, 5.74) is 1.22. The maximum Gasteiger partial charge on any atom is 0.242 e. The van der Waals surface area contributed by atoms with Crippen molar-refractivity contribution in [3.63, 3.8) is 0 Å². The minimum absolute atomic E-state index is 0.709. The Balaban J connectivity index is 0. The van der Waals surface area contributed by atoms with Crippen molar-refractivity contribution >= 4 is 6.72 Å². The lowest BCUT2D eigenvalue weighted by Gasteiger charge is -1.95. The zero-order valence-corrected chi connectivity index (χ0v) is 11.4. The van der Waals surface area contributed by atoms with Crippen molar-refractivity contribution in [2.24, 2.45) is 0 Å². The fraction of sp³-hybridized carbons (Fsp3) is 0.462. The van der Waals surface area contributed by atoms with Crippen LogP contribution in [0, 0.1) is 0 Å². The average Bonchev–Trinajstić information content (AvgIpc) is 2.16. The zero-order valence-electron chi connectivity index (χ0n) is 11.4. The molecular formula is C13H22F2NO2+. The van der Waals surface area contributed by atoms with Crippen molar-refractivity contribution in [3.8, 4) is 0 Å². The molecule has 0 aliphatic carbocycles. The van der Waals surface area contributed by atoms with Crippen molar-refractivity contribution in [2.75, 3.05) is 14.2 Å². The molecular weight excluding hydrogens is 240 g/mol. The number of hydrogen-bond acceptors (Lipinski definition) is 2. The molecule has 104 valence electrons. The van der Waals surface area contributed by atoms with E-state index in [1.807, 2.05) is 30.3 Å². The van der Waals surface area contributed by atoms with Crippen LogP contribution < -0.4 is 0 Å². The fourth-order valence-electron chi connectivity index (χ4n) is 0.741. The van der Waals surface area contributed by atoms with Gasteiger partial charge in [-0.15, -0.1) is 0 Å². The number of rotatable bonds is 2. The van der Waals surface area contributed by atoms with E-state index in [0.717, 1.165) is 18.6 Å². The van der Waals surface area contributed by atoms with Gasteiger partial charge in [-0.3, -0.25) is 5.21 Å². The first-order valence-corrected chi connectivity index (χ1v) is 5.30. The van der Waals surface area contributed by atoms with Gasteiger partial charge in [0.1, 0.15) is 0 Å². The van der Waals surface area contributed by atoms with E-state index in [0.29, 0.717) is 6.61 Å². The lowest BCUT2D eigenvalue weighted by Crippen LogP contribution is -1.98. The van der Waals surface area contributed by atoms with Gasteiger partial charge in [0, 0.05) is 7.11 Å². The van der Waals surface area contributed by atoms with Crippen LogP contribution in [0.25, 0.3) is 0 Å². The Kier molecular flexibility index (Phi) is 11.2. The van der Waals surface area contributed by atoms with Crippen LogP contribution in [0.2, 0.25) is 0 Å². The highest BCUT2D eigenvalue weighted by Crippen LogP contribution is 2.06. The molecule has 1 aromatic carbocycles. The number of hydroxylamine groups is 1. The molecule has 5 heteroatoms. The van der Waals surface area contributed by atoms with Crippen LogP contribution in [0.5, 0.6) is 0 Å². The summed E-state index contributed by atoms with van der Waals surface area (Å²) in [5, 5.41) is 7.78. The molecule has 1 aromatic rings. The van der Waals surface area contributed by atoms with E-state index in [-0.39, 0.29) is 0 Å². The average molecular weight is 262 g/mol. The molecule has 18 heavy (non-hydrogen) atoms. The zero-order chi connectivity index (χ0) is 14.6. The number of alkyl halides is 2. The van der Waals surface area contributed by atoms with E-state index in [1.165, 1.54) is 12.6 Å². The van der Waals surface area contributed by atoms with Gasteiger partial charge in [-0.2, -0.15) is 0 Å². The summed E-state index contributed by atoms with van der Waals surface area (Å²) in [5.74, 6) is -2.50. The van der Waals surface area contributed by atoms with Gasteiger partial charge in [0.2, 0.25) is 5.92 Å². The standard InChI is InChI=1S/C8H10O.C3H6F2.C2H6NO/c1-9-7-8-5-3-2-4-6-8;1-3(2,4)5;1-3(2)4/h2-6H,7H2,1H3;1-2H3;4H,1H2,2H3/q;;+1. The Morgan fingerprint density at radius 1 is 1.28 bits per heavy atom. The predicted octanol–water partition coefficient (Wildman–Crippen LogP) is 3.21. The Labute approximate surface area is 107 Å². The van der Waals surface area contributed by atoms with Crippen molar-refractivity contribution in [1.29, 1.82) is 0 Å². The molecule has 3 nitrogen and oxygen atoms in total. The van der Waals surface area contributed by atoms with Gasteiger partial charge in [-0.05, 0) is 24.1 Å². The van der Waals surface area contributed by atoms with Gasteiger partial charge in [0.15, 0.2) is 13.8 Å². The molecule has 1 rings (SSSR count). The minimum atomic E-state index is -2.50. The molecule has 0 aromatic heterocycles. The van der Waals surface area contributed by atoms with Crippen molar-refractivity contribution in [2.45, 2.75) is 26.4 Å². The first-order chi connectivity index (χ1) is 8.16. The molecule has 0 unspecified atom stereocenters. The van der Waals surface area contributed by atoms with Gasteiger partial charge in [-0.25, -0.2) is 8.78 Å². The van der Waals surface area contributed by atoms with Crippen LogP contribution in [0.1, 0.15) is 19.4 Å². The summed E-state index contributed by atoms with van der Waals surface area (Å²) in [7, 11) is 3.15. The molecule has 1 N–H and O–H groups in total. The second-order valence-electron chi connectivity index (χ2n) is 3.90. The van der Waals surface area contributed by atoms with Gasteiger partial charge >= 0.3 is 0 Å². The number of ether oxygens (including phenoxy) is 1. The molecule has 0 aliphatic rings. The molecule has 0 heterocycles. The van der Waals surface area contributed by atoms with Crippen molar-refractivity contribution in [3.05, 3.63) is 35.9 Å². The van der Waals surface area contributed by atoms with Crippen molar-refractivity contribution < 1.29 is 23.5 Å². The summed E-state index contributed by atoms with van der Waals surface area (Å²) >= 11 is 0. The topological polar surface area (TPSA) is 32.5 Å². The molecule has 0 atom stereocenters. The Morgan fingerprint density at radius 2 is 1.61 bits per heavy atom. The summed E-state index contributed by atoms with van der Waals surface area (Å²) in [6.07, 6.45) is 0. The third-order valence-electron chi connectivity index (χ3n) is 1.15. The lowest BCUT2D eigenvalue weighted by molar-refractivity contribution is -0.748. The molecule has 0 bridgehead atoms. The highest BCUT2D eigenvalue weighted by molar-refractivity contribution is 5.13. The summed E-state index contributed by atoms with van der Waals surface area (Å²) in [4.78, 5) is 0. The molecule has 0 fully saturated rings. The van der Waals surface area contributed by atoms with Gasteiger partial charge in [0.05, 0.1) is 6.61 Å². The van der Waals surface area contributed by atoms with Crippen LogP contribution >= 0.6 is 0 Å². The van der Waals surface area contributed by atoms with Crippen LogP contribution in [-0.2, 0) is 11.3 Å². The van der Waals surface area contributed by atoms with E-state index in [2.05, 4.69) is 6.72 Å². The SMILES string of the molecule is C=[N+](C)O.CC(C)(F)F.COCc1ccccc1. The highest BCUT2D eigenvalue weighted by Gasteiger charge is 2.08. The second kappa shape index (κ2) is 10.7. The molecule has 0 amide bonds. The highest BCUT2D eigenvalue weighted by atomic mass is 19.3. The smallest absolute Gasteiger partial charge is 0.242 e. The monoisotopic (exact) mass is 262 g/mol. The van der Waals surface area contributed by atoms with E-state index in [4.69, 9.17) is 9.94 Å². The largest absolute Gasteiger partial charge is 0.380 e. The van der Waals surface area contributed by atoms with Crippen LogP contribution in [0.4, 0.5) is 8.78 Å². The normalized spacial score (nSPS) is 9.44. The number of halogens is 2. The summed E-state index contributed by atoms with van der Waals surface area (Å²) in [6.45, 7) is 5.45. The van der Waals surface area contributed by atoms with Gasteiger partial charge < -0.3 is 4.74 Å². The maximum absolute atomic E-state index is 11.0. The first-order valence-electron chi connectivity index (χ1n) is 5.30. The Hall–Kier alpha value is -1.49. The third kappa shape index (κ3) is 29.3. The number of methoxy groups -OCH3 is 1. The number of benzene rings is 1. The molecule has 0 radical (unpaired) electrons. The van der Waals surface area contributed by atoms with Gasteiger partial charge in [0.25, 0.3) is 0 Å². The maximum atomic E-state index is 11.0. The number of hydrogen-bond donors (Lipinski definition) is 1. The van der Waals surface area contributed by atoms with Gasteiger partial charge in [-0.1, -0.05) is 30.3 Å². The van der Waals surface area contributed by atoms with E-state index in [9.17, 15) is 8.78 Å². The summed E-state index contributed by atoms with van der Waals surface area (Å²) < 4.78 is 27.7. The molecule has 0 saturated carbocycles. The first kappa shape index (κ1) is 18.9. The van der Waals surface area contributed by atoms with E-state index in [1.54, 1.807) is 7.11 Å². The van der Waals surface area contributed by atoms with E-state index >= 15 is 0 Å². The Morgan fingerprint density at radius 3 is 1.89 bits per heavy atom. The van der Waals surface area contributed by atoms with Crippen LogP contribution in [0.15, 0.2) is 30.3 Å². The Bertz CT molecular complexity index is 301. The summed E-state index contributed by atoms with van der Waals surface area (Å²) in [6, 6.07) is 10.1. The minimum Gasteiger partial charge on any atom is -0.380 e. The van der Waals surface area contributed by atoms with Crippen LogP contribution in [-0.4, -0.2) is 36.7 Å². The quantitative estimate of drug-likeness (QED) is 0.384. The van der Waals surface area contributed by atoms with E-state index < -0.39 is 5.92 Å². The molecule has 0 aliphatic heterocycles.